The van der Waals surface area contributed by atoms with Crippen LogP contribution in [0.15, 0.2) is 46.0 Å². The molecule has 0 aliphatic rings. The Labute approximate surface area is 140 Å². The molecule has 24 heavy (non-hydrogen) atoms. The first-order chi connectivity index (χ1) is 11.2. The average molecular weight is 323 g/mol. The van der Waals surface area contributed by atoms with E-state index in [1.54, 1.807) is 7.05 Å². The number of benzene rings is 1. The van der Waals surface area contributed by atoms with Crippen LogP contribution in [0.2, 0.25) is 0 Å². The van der Waals surface area contributed by atoms with Gasteiger partial charge in [-0.1, -0.05) is 51.1 Å². The van der Waals surface area contributed by atoms with E-state index in [1.165, 1.54) is 11.6 Å². The Kier molecular flexibility index (Phi) is 3.67. The average Bonchev–Trinajstić information content (AvgIpc) is 2.57. The standard InChI is InChI=1S/C19H21N3O2/c1-19(2,3)13-11-14(12-9-7-6-8-10-12)20-16-15(13)17(23)22(5)18(24)21(16)4/h6-11H,1-5H3. The fourth-order valence-corrected chi connectivity index (χ4v) is 2.90. The van der Waals surface area contributed by atoms with Gasteiger partial charge in [0, 0.05) is 19.7 Å². The maximum Gasteiger partial charge on any atom is 0.332 e. The molecule has 0 radical (unpaired) electrons. The summed E-state index contributed by atoms with van der Waals surface area (Å²) in [4.78, 5) is 29.7. The van der Waals surface area contributed by atoms with Crippen LogP contribution in [0.3, 0.4) is 0 Å². The lowest BCUT2D eigenvalue weighted by atomic mass is 9.84. The summed E-state index contributed by atoms with van der Waals surface area (Å²) < 4.78 is 2.58. The second-order valence-corrected chi connectivity index (χ2v) is 7.08. The molecule has 0 saturated heterocycles. The highest BCUT2D eigenvalue weighted by atomic mass is 16.2. The fourth-order valence-electron chi connectivity index (χ4n) is 2.90. The van der Waals surface area contributed by atoms with Crippen molar-refractivity contribution in [3.8, 4) is 11.3 Å². The molecule has 5 heteroatoms. The van der Waals surface area contributed by atoms with E-state index >= 15 is 0 Å². The fraction of sp³-hybridized carbons (Fsp3) is 0.316. The van der Waals surface area contributed by atoms with E-state index in [2.05, 4.69) is 25.8 Å². The predicted octanol–water partition coefficient (Wildman–Crippen LogP) is 2.60. The van der Waals surface area contributed by atoms with Crippen molar-refractivity contribution in [3.63, 3.8) is 0 Å². The van der Waals surface area contributed by atoms with Crippen LogP contribution in [0.4, 0.5) is 0 Å². The summed E-state index contributed by atoms with van der Waals surface area (Å²) in [6, 6.07) is 11.7. The molecular weight excluding hydrogens is 302 g/mol. The van der Waals surface area contributed by atoms with Gasteiger partial charge in [-0.15, -0.1) is 0 Å². The maximum absolute atomic E-state index is 12.7. The Bertz CT molecular complexity index is 1040. The van der Waals surface area contributed by atoms with Crippen molar-refractivity contribution in [2.24, 2.45) is 14.1 Å². The zero-order valence-corrected chi connectivity index (χ0v) is 14.6. The molecular formula is C19H21N3O2. The van der Waals surface area contributed by atoms with Gasteiger partial charge in [0.05, 0.1) is 11.1 Å². The summed E-state index contributed by atoms with van der Waals surface area (Å²) in [7, 11) is 3.15. The molecule has 124 valence electrons. The lowest BCUT2D eigenvalue weighted by Gasteiger charge is -2.22. The third kappa shape index (κ3) is 2.46. The van der Waals surface area contributed by atoms with E-state index in [-0.39, 0.29) is 16.7 Å². The molecule has 0 amide bonds. The van der Waals surface area contributed by atoms with Crippen molar-refractivity contribution in [1.29, 1.82) is 0 Å². The van der Waals surface area contributed by atoms with E-state index in [0.29, 0.717) is 11.0 Å². The van der Waals surface area contributed by atoms with E-state index in [0.717, 1.165) is 21.4 Å². The molecule has 0 fully saturated rings. The smallest absolute Gasteiger partial charge is 0.280 e. The van der Waals surface area contributed by atoms with Gasteiger partial charge in [0.25, 0.3) is 5.56 Å². The molecule has 3 aromatic rings. The SMILES string of the molecule is Cn1c(=O)c2c(C(C)(C)C)cc(-c3ccccc3)nc2n(C)c1=O. The van der Waals surface area contributed by atoms with E-state index in [9.17, 15) is 9.59 Å². The van der Waals surface area contributed by atoms with Crippen molar-refractivity contribution in [2.45, 2.75) is 26.2 Å². The molecule has 3 rings (SSSR count). The minimum absolute atomic E-state index is 0.256. The number of aryl methyl sites for hydroxylation is 1. The van der Waals surface area contributed by atoms with Gasteiger partial charge in [0.15, 0.2) is 0 Å². The van der Waals surface area contributed by atoms with Gasteiger partial charge in [-0.3, -0.25) is 13.9 Å². The van der Waals surface area contributed by atoms with Crippen LogP contribution >= 0.6 is 0 Å². The zero-order chi connectivity index (χ0) is 17.6. The Morgan fingerprint density at radius 2 is 1.58 bits per heavy atom. The first kappa shape index (κ1) is 16.2. The van der Waals surface area contributed by atoms with Gasteiger partial charge >= 0.3 is 5.69 Å². The summed E-state index contributed by atoms with van der Waals surface area (Å²) in [6.45, 7) is 6.17. The van der Waals surface area contributed by atoms with Gasteiger partial charge in [-0.25, -0.2) is 9.78 Å². The number of fused-ring (bicyclic) bond motifs is 1. The summed E-state index contributed by atoms with van der Waals surface area (Å²) in [5.41, 5.74) is 2.11. The summed E-state index contributed by atoms with van der Waals surface area (Å²) in [6.07, 6.45) is 0. The molecule has 0 bridgehead atoms. The predicted molar refractivity (Wildman–Crippen MR) is 96.4 cm³/mol. The molecule has 0 spiro atoms. The number of pyridine rings is 1. The highest BCUT2D eigenvalue weighted by Crippen LogP contribution is 2.30. The van der Waals surface area contributed by atoms with Crippen molar-refractivity contribution >= 4 is 11.0 Å². The molecule has 5 nitrogen and oxygen atoms in total. The van der Waals surface area contributed by atoms with Crippen molar-refractivity contribution < 1.29 is 0 Å². The highest BCUT2D eigenvalue weighted by molar-refractivity contribution is 5.83. The Morgan fingerprint density at radius 3 is 2.17 bits per heavy atom. The summed E-state index contributed by atoms with van der Waals surface area (Å²) in [5, 5.41) is 0.506. The molecule has 0 unspecified atom stereocenters. The van der Waals surface area contributed by atoms with E-state index in [4.69, 9.17) is 0 Å². The minimum atomic E-state index is -0.370. The third-order valence-electron chi connectivity index (χ3n) is 4.29. The Balaban J connectivity index is 2.54. The van der Waals surface area contributed by atoms with Gasteiger partial charge in [-0.2, -0.15) is 0 Å². The van der Waals surface area contributed by atoms with Crippen LogP contribution in [0.1, 0.15) is 26.3 Å². The zero-order valence-electron chi connectivity index (χ0n) is 14.6. The van der Waals surface area contributed by atoms with Gasteiger partial charge in [0.1, 0.15) is 5.65 Å². The van der Waals surface area contributed by atoms with Crippen molar-refractivity contribution in [1.82, 2.24) is 14.1 Å². The molecule has 0 aliphatic heterocycles. The van der Waals surface area contributed by atoms with Crippen molar-refractivity contribution in [2.75, 3.05) is 0 Å². The topological polar surface area (TPSA) is 56.9 Å². The monoisotopic (exact) mass is 323 g/mol. The third-order valence-corrected chi connectivity index (χ3v) is 4.29. The number of aromatic nitrogens is 3. The molecule has 0 N–H and O–H groups in total. The lowest BCUT2D eigenvalue weighted by Crippen LogP contribution is -2.38. The van der Waals surface area contributed by atoms with Crippen LogP contribution in [-0.4, -0.2) is 14.1 Å². The Morgan fingerprint density at radius 1 is 0.958 bits per heavy atom. The highest BCUT2D eigenvalue weighted by Gasteiger charge is 2.23. The number of hydrogen-bond acceptors (Lipinski definition) is 3. The van der Waals surface area contributed by atoms with Gasteiger partial charge in [-0.05, 0) is 17.0 Å². The van der Waals surface area contributed by atoms with E-state index in [1.807, 2.05) is 36.4 Å². The molecule has 0 saturated carbocycles. The summed E-state index contributed by atoms with van der Waals surface area (Å²) in [5.74, 6) is 0. The quantitative estimate of drug-likeness (QED) is 0.692. The number of rotatable bonds is 1. The largest absolute Gasteiger partial charge is 0.332 e. The minimum Gasteiger partial charge on any atom is -0.280 e. The summed E-state index contributed by atoms with van der Waals surface area (Å²) >= 11 is 0. The molecule has 0 atom stereocenters. The van der Waals surface area contributed by atoms with Crippen LogP contribution in [0, 0.1) is 0 Å². The van der Waals surface area contributed by atoms with Crippen LogP contribution < -0.4 is 11.2 Å². The first-order valence-corrected chi connectivity index (χ1v) is 7.88. The van der Waals surface area contributed by atoms with Crippen LogP contribution in [-0.2, 0) is 19.5 Å². The molecule has 2 heterocycles. The lowest BCUT2D eigenvalue weighted by molar-refractivity contribution is 0.592. The van der Waals surface area contributed by atoms with E-state index < -0.39 is 0 Å². The molecule has 1 aromatic carbocycles. The maximum atomic E-state index is 12.7. The molecule has 2 aromatic heterocycles. The van der Waals surface area contributed by atoms with Gasteiger partial charge in [0.2, 0.25) is 0 Å². The second kappa shape index (κ2) is 5.44. The molecule has 0 aliphatic carbocycles. The van der Waals surface area contributed by atoms with Gasteiger partial charge < -0.3 is 0 Å². The first-order valence-electron chi connectivity index (χ1n) is 7.88. The van der Waals surface area contributed by atoms with Crippen LogP contribution in [0.25, 0.3) is 22.3 Å². The normalized spacial score (nSPS) is 11.9. The second-order valence-electron chi connectivity index (χ2n) is 7.08. The Hall–Kier alpha value is -2.69. The van der Waals surface area contributed by atoms with Crippen LogP contribution in [0.5, 0.6) is 0 Å². The van der Waals surface area contributed by atoms with Crippen molar-refractivity contribution in [3.05, 3.63) is 62.8 Å². The number of nitrogens with zero attached hydrogens (tertiary/aromatic N) is 3. The number of hydrogen-bond donors (Lipinski definition) is 0.